The lowest BCUT2D eigenvalue weighted by atomic mass is 10.4. The van der Waals surface area contributed by atoms with Crippen molar-refractivity contribution in [3.05, 3.63) is 0 Å². The highest BCUT2D eigenvalue weighted by Gasteiger charge is 2.29. The van der Waals surface area contributed by atoms with Gasteiger partial charge in [0.05, 0.1) is 6.61 Å². The van der Waals surface area contributed by atoms with Crippen molar-refractivity contribution in [2.24, 2.45) is 0 Å². The highest BCUT2D eigenvalue weighted by Crippen LogP contribution is 2.11. The first kappa shape index (κ1) is 8.49. The predicted octanol–water partition coefficient (Wildman–Crippen LogP) is 0.306. The quantitative estimate of drug-likeness (QED) is 0.460. The zero-order valence-corrected chi connectivity index (χ0v) is 6.63. The summed E-state index contributed by atoms with van der Waals surface area (Å²) in [6.45, 7) is 0.193. The first-order valence-electron chi connectivity index (χ1n) is 3.30. The van der Waals surface area contributed by atoms with Crippen molar-refractivity contribution in [3.8, 4) is 0 Å². The molecule has 0 spiro atoms. The van der Waals surface area contributed by atoms with Gasteiger partial charge in [-0.05, 0) is 0 Å². The van der Waals surface area contributed by atoms with Crippen molar-refractivity contribution in [1.82, 2.24) is 5.06 Å². The Kier molecular flexibility index (Phi) is 2.84. The maximum atomic E-state index is 10.8. The molecule has 0 aromatic heterocycles. The van der Waals surface area contributed by atoms with Crippen LogP contribution in [-0.4, -0.2) is 29.4 Å². The fourth-order valence-electron chi connectivity index (χ4n) is 0.826. The molecule has 1 fully saturated rings. The fraction of sp³-hybridized carbons (Fsp3) is 0.667. The van der Waals surface area contributed by atoms with Crippen LogP contribution < -0.4 is 0 Å². The van der Waals surface area contributed by atoms with E-state index in [2.05, 4.69) is 0 Å². The number of carbonyl (C=O) groups is 2. The van der Waals surface area contributed by atoms with Crippen LogP contribution in [0.25, 0.3) is 0 Å². The van der Waals surface area contributed by atoms with Crippen LogP contribution in [0, 0.1) is 0 Å². The van der Waals surface area contributed by atoms with Gasteiger partial charge >= 0.3 is 0 Å². The minimum absolute atomic E-state index is 0.193. The van der Waals surface area contributed by atoms with Crippen LogP contribution >= 0.6 is 11.6 Å². The smallest absolute Gasteiger partial charge is 0.253 e. The van der Waals surface area contributed by atoms with Crippen molar-refractivity contribution in [3.63, 3.8) is 0 Å². The summed E-state index contributed by atoms with van der Waals surface area (Å²) in [4.78, 5) is 26.4. The SMILES string of the molecule is O=C1CCC(=O)N1OCCCl. The Hall–Kier alpha value is -0.610. The lowest BCUT2D eigenvalue weighted by Gasteiger charge is -2.11. The lowest BCUT2D eigenvalue weighted by molar-refractivity contribution is -0.185. The monoisotopic (exact) mass is 177 g/mol. The number of rotatable bonds is 3. The van der Waals surface area contributed by atoms with Gasteiger partial charge in [-0.3, -0.25) is 14.4 Å². The van der Waals surface area contributed by atoms with Gasteiger partial charge in [0.25, 0.3) is 11.8 Å². The van der Waals surface area contributed by atoms with Crippen molar-refractivity contribution >= 4 is 23.4 Å². The van der Waals surface area contributed by atoms with Gasteiger partial charge in [-0.25, -0.2) is 0 Å². The molecule has 4 nitrogen and oxygen atoms in total. The Bertz CT molecular complexity index is 167. The number of hydrogen-bond acceptors (Lipinski definition) is 3. The van der Waals surface area contributed by atoms with E-state index in [4.69, 9.17) is 16.4 Å². The second-order valence-corrected chi connectivity index (χ2v) is 2.48. The number of imide groups is 1. The number of hydrogen-bond donors (Lipinski definition) is 0. The molecule has 1 aliphatic heterocycles. The Morgan fingerprint density at radius 1 is 1.36 bits per heavy atom. The molecule has 0 aliphatic carbocycles. The molecule has 0 N–H and O–H groups in total. The normalized spacial score (nSPS) is 18.1. The van der Waals surface area contributed by atoms with Crippen LogP contribution in [0.5, 0.6) is 0 Å². The fourth-order valence-corrected chi connectivity index (χ4v) is 0.895. The molecule has 2 amide bonds. The molecule has 0 radical (unpaired) electrons. The summed E-state index contributed by atoms with van der Waals surface area (Å²) in [6, 6.07) is 0. The Morgan fingerprint density at radius 3 is 2.36 bits per heavy atom. The number of carbonyl (C=O) groups excluding carboxylic acids is 2. The predicted molar refractivity (Wildman–Crippen MR) is 37.8 cm³/mol. The topological polar surface area (TPSA) is 46.6 Å². The minimum Gasteiger partial charge on any atom is -0.272 e. The van der Waals surface area contributed by atoms with Gasteiger partial charge in [-0.1, -0.05) is 0 Å². The van der Waals surface area contributed by atoms with Gasteiger partial charge in [0.15, 0.2) is 0 Å². The van der Waals surface area contributed by atoms with Gasteiger partial charge in [-0.2, -0.15) is 5.06 Å². The summed E-state index contributed by atoms with van der Waals surface area (Å²) in [6.07, 6.45) is 0.502. The number of alkyl halides is 1. The third-order valence-electron chi connectivity index (χ3n) is 1.30. The molecule has 1 aliphatic rings. The van der Waals surface area contributed by atoms with Crippen LogP contribution in [0.4, 0.5) is 0 Å². The van der Waals surface area contributed by atoms with E-state index in [0.717, 1.165) is 5.06 Å². The molecule has 0 atom stereocenters. The molecule has 1 rings (SSSR count). The van der Waals surface area contributed by atoms with Gasteiger partial charge < -0.3 is 0 Å². The van der Waals surface area contributed by atoms with E-state index in [0.29, 0.717) is 0 Å². The van der Waals surface area contributed by atoms with E-state index in [-0.39, 0.29) is 37.1 Å². The molecule has 0 aromatic rings. The van der Waals surface area contributed by atoms with Crippen molar-refractivity contribution in [2.75, 3.05) is 12.5 Å². The van der Waals surface area contributed by atoms with E-state index >= 15 is 0 Å². The molecule has 0 bridgehead atoms. The average molecular weight is 178 g/mol. The molecule has 0 aromatic carbocycles. The van der Waals surface area contributed by atoms with Crippen LogP contribution in [0.15, 0.2) is 0 Å². The van der Waals surface area contributed by atoms with Crippen LogP contribution in [-0.2, 0) is 14.4 Å². The summed E-state index contributed by atoms with van der Waals surface area (Å²) in [5, 5.41) is 0.794. The van der Waals surface area contributed by atoms with Gasteiger partial charge in [0, 0.05) is 18.7 Å². The molecule has 5 heteroatoms. The molecule has 11 heavy (non-hydrogen) atoms. The number of hydroxylamine groups is 2. The highest BCUT2D eigenvalue weighted by atomic mass is 35.5. The molecule has 0 unspecified atom stereocenters. The maximum Gasteiger partial charge on any atom is 0.253 e. The summed E-state index contributed by atoms with van der Waals surface area (Å²) >= 11 is 5.30. The Morgan fingerprint density at radius 2 is 1.91 bits per heavy atom. The standard InChI is InChI=1S/C6H8ClNO3/c7-3-4-11-8-5(9)1-2-6(8)10/h1-4H2. The molecular weight excluding hydrogens is 170 g/mol. The molecule has 62 valence electrons. The van der Waals surface area contributed by atoms with Crippen LogP contribution in [0.3, 0.4) is 0 Å². The third kappa shape index (κ3) is 1.91. The van der Waals surface area contributed by atoms with Crippen molar-refractivity contribution in [1.29, 1.82) is 0 Å². The van der Waals surface area contributed by atoms with Gasteiger partial charge in [-0.15, -0.1) is 11.6 Å². The lowest BCUT2D eigenvalue weighted by Crippen LogP contribution is -2.29. The zero-order chi connectivity index (χ0) is 8.27. The molecular formula is C6H8ClNO3. The van der Waals surface area contributed by atoms with E-state index < -0.39 is 0 Å². The van der Waals surface area contributed by atoms with E-state index in [1.54, 1.807) is 0 Å². The van der Waals surface area contributed by atoms with Gasteiger partial charge in [0.2, 0.25) is 0 Å². The number of nitrogens with zero attached hydrogens (tertiary/aromatic N) is 1. The van der Waals surface area contributed by atoms with Crippen molar-refractivity contribution in [2.45, 2.75) is 12.8 Å². The van der Waals surface area contributed by atoms with E-state index in [1.807, 2.05) is 0 Å². The largest absolute Gasteiger partial charge is 0.272 e. The second-order valence-electron chi connectivity index (χ2n) is 2.10. The highest BCUT2D eigenvalue weighted by molar-refractivity contribution is 6.18. The van der Waals surface area contributed by atoms with Crippen molar-refractivity contribution < 1.29 is 14.4 Å². The van der Waals surface area contributed by atoms with E-state index in [1.165, 1.54) is 0 Å². The third-order valence-corrected chi connectivity index (χ3v) is 1.46. The summed E-state index contributed by atoms with van der Waals surface area (Å²) in [5.41, 5.74) is 0. The number of amides is 2. The minimum atomic E-state index is -0.278. The molecule has 0 saturated carbocycles. The summed E-state index contributed by atoms with van der Waals surface area (Å²) in [5.74, 6) is -0.280. The molecule has 1 heterocycles. The second kappa shape index (κ2) is 3.69. The Balaban J connectivity index is 2.41. The zero-order valence-electron chi connectivity index (χ0n) is 5.88. The Labute approximate surface area is 69.0 Å². The first-order valence-corrected chi connectivity index (χ1v) is 3.84. The van der Waals surface area contributed by atoms with E-state index in [9.17, 15) is 9.59 Å². The van der Waals surface area contributed by atoms with Crippen LogP contribution in [0.2, 0.25) is 0 Å². The number of halogens is 1. The first-order chi connectivity index (χ1) is 5.25. The summed E-state index contributed by atoms with van der Waals surface area (Å²) < 4.78 is 0. The maximum absolute atomic E-state index is 10.8. The van der Waals surface area contributed by atoms with Gasteiger partial charge in [0.1, 0.15) is 0 Å². The summed E-state index contributed by atoms with van der Waals surface area (Å²) in [7, 11) is 0. The molecule has 1 saturated heterocycles. The van der Waals surface area contributed by atoms with Crippen LogP contribution in [0.1, 0.15) is 12.8 Å². The average Bonchev–Trinajstić information content (AvgIpc) is 2.29.